The SMILES string of the molecule is CC1=C(C)C(=O)O[C@@H]([C@]2(C)OC(O)[C@@]34CC[C@H]5[C@@H](C[C@@H](O)[C@@]6(O)CC=CC(=O)[C@]56C)[C@](O)(CC[C@H]23)O4)C1. The third-order valence-electron chi connectivity index (χ3n) is 11.3. The first-order chi connectivity index (χ1) is 17.2. The fourth-order valence-corrected chi connectivity index (χ4v) is 8.86. The fraction of sp³-hybridized carbons (Fsp3) is 0.786. The van der Waals surface area contributed by atoms with Gasteiger partial charge in [-0.15, -0.1) is 0 Å². The first-order valence-electron chi connectivity index (χ1n) is 13.5. The summed E-state index contributed by atoms with van der Waals surface area (Å²) in [6.07, 6.45) is 1.83. The normalized spacial score (nSPS) is 55.2. The zero-order chi connectivity index (χ0) is 26.8. The Hall–Kier alpha value is -1.62. The number of hydrogen-bond acceptors (Lipinski definition) is 9. The molecule has 0 radical (unpaired) electrons. The standard InChI is InChI=1S/C28H38O9/c1-14-12-21(35-22(31)15(14)2)25(4)18-8-11-28(34)17-13-20(30)27(33)9-5-6-19(29)24(27,3)16(17)7-10-26(18,37-28)23(32)36-25/h5-6,16-18,20-21,23,30,32-34H,7-13H2,1-4H3/t16-,17+,18+,20+,21+,23?,24-,25+,26+,27-,28-/m0/s1. The predicted octanol–water partition coefficient (Wildman–Crippen LogP) is 1.66. The molecule has 37 heavy (non-hydrogen) atoms. The van der Waals surface area contributed by atoms with E-state index in [4.69, 9.17) is 14.2 Å². The van der Waals surface area contributed by atoms with E-state index < -0.39 is 70.2 Å². The van der Waals surface area contributed by atoms with Crippen LogP contribution in [0.25, 0.3) is 0 Å². The molecule has 1 saturated carbocycles. The van der Waals surface area contributed by atoms with Crippen molar-refractivity contribution < 1.29 is 44.2 Å². The minimum Gasteiger partial charge on any atom is -0.456 e. The topological polar surface area (TPSA) is 143 Å². The van der Waals surface area contributed by atoms with E-state index in [-0.39, 0.29) is 31.5 Å². The summed E-state index contributed by atoms with van der Waals surface area (Å²) in [5.74, 6) is -3.90. The highest BCUT2D eigenvalue weighted by Crippen LogP contribution is 2.66. The van der Waals surface area contributed by atoms with Crippen molar-refractivity contribution in [1.82, 2.24) is 0 Å². The molecule has 4 aliphatic heterocycles. The smallest absolute Gasteiger partial charge is 0.334 e. The van der Waals surface area contributed by atoms with E-state index >= 15 is 0 Å². The molecule has 3 saturated heterocycles. The molecule has 0 aromatic rings. The number of allylic oxidation sites excluding steroid dienone is 1. The molecule has 4 heterocycles. The average Bonchev–Trinajstić information content (AvgIpc) is 2.99. The maximum atomic E-state index is 13.3. The average molecular weight is 519 g/mol. The number of fused-ring (bicyclic) bond motifs is 5. The zero-order valence-corrected chi connectivity index (χ0v) is 21.9. The third-order valence-corrected chi connectivity index (χ3v) is 11.3. The lowest BCUT2D eigenvalue weighted by atomic mass is 9.48. The van der Waals surface area contributed by atoms with Crippen molar-refractivity contribution in [2.24, 2.45) is 23.2 Å². The number of aliphatic hydroxyl groups is 4. The lowest BCUT2D eigenvalue weighted by molar-refractivity contribution is -0.357. The maximum Gasteiger partial charge on any atom is 0.334 e. The molecule has 4 N–H and O–H groups in total. The molecule has 1 unspecified atom stereocenters. The van der Waals surface area contributed by atoms with Crippen molar-refractivity contribution >= 4 is 11.8 Å². The van der Waals surface area contributed by atoms with Gasteiger partial charge in [0.2, 0.25) is 0 Å². The Morgan fingerprint density at radius 1 is 1.03 bits per heavy atom. The highest BCUT2D eigenvalue weighted by Gasteiger charge is 2.75. The Bertz CT molecular complexity index is 1110. The van der Waals surface area contributed by atoms with Gasteiger partial charge in [0.25, 0.3) is 0 Å². The molecular formula is C28H38O9. The lowest BCUT2D eigenvalue weighted by Crippen LogP contribution is -2.70. The second-order valence-electron chi connectivity index (χ2n) is 12.8. The van der Waals surface area contributed by atoms with Crippen LogP contribution in [0.2, 0.25) is 0 Å². The molecule has 9 nitrogen and oxygen atoms in total. The van der Waals surface area contributed by atoms with E-state index in [1.54, 1.807) is 19.9 Å². The molecule has 6 rings (SSSR count). The van der Waals surface area contributed by atoms with E-state index in [0.717, 1.165) is 5.57 Å². The zero-order valence-electron chi connectivity index (χ0n) is 21.9. The molecule has 2 bridgehead atoms. The van der Waals surface area contributed by atoms with Gasteiger partial charge in [-0.25, -0.2) is 4.79 Å². The molecule has 1 spiro atoms. The van der Waals surface area contributed by atoms with E-state index in [2.05, 4.69) is 0 Å². The largest absolute Gasteiger partial charge is 0.456 e. The van der Waals surface area contributed by atoms with Gasteiger partial charge in [-0.1, -0.05) is 11.6 Å². The van der Waals surface area contributed by atoms with Crippen LogP contribution in [0, 0.1) is 23.2 Å². The van der Waals surface area contributed by atoms with Gasteiger partial charge in [-0.3, -0.25) is 4.79 Å². The summed E-state index contributed by atoms with van der Waals surface area (Å²) in [7, 11) is 0. The minimum absolute atomic E-state index is 0.0762. The Balaban J connectivity index is 1.40. The summed E-state index contributed by atoms with van der Waals surface area (Å²) in [4.78, 5) is 25.9. The first-order valence-corrected chi connectivity index (χ1v) is 13.5. The number of ketones is 1. The second kappa shape index (κ2) is 7.73. The number of esters is 1. The van der Waals surface area contributed by atoms with Crippen LogP contribution in [0.4, 0.5) is 0 Å². The van der Waals surface area contributed by atoms with Crippen LogP contribution in [-0.2, 0) is 23.8 Å². The Morgan fingerprint density at radius 2 is 1.76 bits per heavy atom. The van der Waals surface area contributed by atoms with Crippen molar-refractivity contribution in [3.8, 4) is 0 Å². The maximum absolute atomic E-state index is 13.3. The summed E-state index contributed by atoms with van der Waals surface area (Å²) < 4.78 is 18.6. The molecule has 0 aromatic carbocycles. The Morgan fingerprint density at radius 3 is 2.46 bits per heavy atom. The van der Waals surface area contributed by atoms with Crippen molar-refractivity contribution in [2.75, 3.05) is 0 Å². The highest BCUT2D eigenvalue weighted by molar-refractivity contribution is 5.97. The van der Waals surface area contributed by atoms with Gasteiger partial charge in [0.05, 0.1) is 11.5 Å². The lowest BCUT2D eigenvalue weighted by Gasteiger charge is -2.60. The fourth-order valence-electron chi connectivity index (χ4n) is 8.86. The van der Waals surface area contributed by atoms with Gasteiger partial charge in [-0.05, 0) is 71.8 Å². The summed E-state index contributed by atoms with van der Waals surface area (Å²) in [5, 5.41) is 46.2. The highest BCUT2D eigenvalue weighted by atomic mass is 16.7. The summed E-state index contributed by atoms with van der Waals surface area (Å²) in [5.41, 5.74) is -3.83. The molecule has 9 heteroatoms. The first kappa shape index (κ1) is 25.6. The van der Waals surface area contributed by atoms with Crippen LogP contribution in [0.1, 0.15) is 72.6 Å². The van der Waals surface area contributed by atoms with Crippen LogP contribution in [0.5, 0.6) is 0 Å². The molecule has 6 aliphatic rings. The van der Waals surface area contributed by atoms with E-state index in [1.807, 2.05) is 13.8 Å². The van der Waals surface area contributed by atoms with Crippen molar-refractivity contribution in [3.63, 3.8) is 0 Å². The van der Waals surface area contributed by atoms with Crippen LogP contribution in [0.3, 0.4) is 0 Å². The van der Waals surface area contributed by atoms with Gasteiger partial charge < -0.3 is 34.6 Å². The molecule has 11 atom stereocenters. The van der Waals surface area contributed by atoms with Crippen LogP contribution >= 0.6 is 0 Å². The predicted molar refractivity (Wildman–Crippen MR) is 129 cm³/mol. The van der Waals surface area contributed by atoms with Crippen molar-refractivity contribution in [1.29, 1.82) is 0 Å². The number of cyclic esters (lactones) is 1. The van der Waals surface area contributed by atoms with E-state index in [0.29, 0.717) is 24.8 Å². The number of carbonyl (C=O) groups is 2. The number of hydrogen-bond donors (Lipinski definition) is 4. The van der Waals surface area contributed by atoms with Gasteiger partial charge in [0.1, 0.15) is 22.9 Å². The Labute approximate surface area is 216 Å². The van der Waals surface area contributed by atoms with Gasteiger partial charge in [0.15, 0.2) is 17.9 Å². The van der Waals surface area contributed by atoms with Gasteiger partial charge in [-0.2, -0.15) is 0 Å². The van der Waals surface area contributed by atoms with Crippen LogP contribution in [0.15, 0.2) is 23.3 Å². The van der Waals surface area contributed by atoms with E-state index in [1.165, 1.54) is 6.08 Å². The molecule has 4 fully saturated rings. The quantitative estimate of drug-likeness (QED) is 0.381. The molecular weight excluding hydrogens is 480 g/mol. The summed E-state index contributed by atoms with van der Waals surface area (Å²) >= 11 is 0. The van der Waals surface area contributed by atoms with Gasteiger partial charge in [0, 0.05) is 30.3 Å². The van der Waals surface area contributed by atoms with Gasteiger partial charge >= 0.3 is 5.97 Å². The molecule has 204 valence electrons. The van der Waals surface area contributed by atoms with Crippen LogP contribution < -0.4 is 0 Å². The molecule has 0 aromatic heterocycles. The summed E-state index contributed by atoms with van der Waals surface area (Å²) in [6, 6.07) is 0. The second-order valence-corrected chi connectivity index (χ2v) is 12.8. The van der Waals surface area contributed by atoms with Crippen molar-refractivity contribution in [2.45, 2.75) is 114 Å². The number of aliphatic hydroxyl groups excluding tert-OH is 2. The Kier molecular flexibility index (Phi) is 5.36. The minimum atomic E-state index is -1.73. The monoisotopic (exact) mass is 518 g/mol. The van der Waals surface area contributed by atoms with Crippen molar-refractivity contribution in [3.05, 3.63) is 23.3 Å². The third kappa shape index (κ3) is 3.01. The molecule has 2 aliphatic carbocycles. The molecule has 0 amide bonds. The van der Waals surface area contributed by atoms with Crippen LogP contribution in [-0.4, -0.2) is 73.3 Å². The number of carbonyl (C=O) groups excluding carboxylic acids is 2. The van der Waals surface area contributed by atoms with E-state index in [9.17, 15) is 30.0 Å². The number of rotatable bonds is 1. The number of ether oxygens (including phenoxy) is 3. The summed E-state index contributed by atoms with van der Waals surface area (Å²) in [6.45, 7) is 7.16.